The van der Waals surface area contributed by atoms with Crippen LogP contribution in [0.3, 0.4) is 0 Å². The van der Waals surface area contributed by atoms with Crippen LogP contribution in [0.15, 0.2) is 70.9 Å². The van der Waals surface area contributed by atoms with Crippen molar-refractivity contribution in [1.82, 2.24) is 4.90 Å². The van der Waals surface area contributed by atoms with Crippen molar-refractivity contribution in [3.8, 4) is 0 Å². The largest absolute Gasteiger partial charge is 0.340 e. The van der Waals surface area contributed by atoms with Gasteiger partial charge in [-0.1, -0.05) is 49.0 Å². The van der Waals surface area contributed by atoms with Crippen LogP contribution < -0.4 is 10.6 Å². The molecule has 2 aliphatic heterocycles. The van der Waals surface area contributed by atoms with Crippen LogP contribution in [-0.4, -0.2) is 34.2 Å². The highest BCUT2D eigenvalue weighted by atomic mass is 32.2. The number of aliphatic imine (C=N–C) groups is 1. The molecule has 1 unspecified atom stereocenters. The quantitative estimate of drug-likeness (QED) is 0.638. The van der Waals surface area contributed by atoms with E-state index in [1.165, 1.54) is 0 Å². The van der Waals surface area contributed by atoms with E-state index in [2.05, 4.69) is 15.5 Å². The Bertz CT molecular complexity index is 1060. The molecule has 0 saturated carbocycles. The van der Waals surface area contributed by atoms with E-state index in [-0.39, 0.29) is 17.9 Å². The number of rotatable bonds is 6. The van der Waals surface area contributed by atoms with Crippen LogP contribution in [0.5, 0.6) is 0 Å². The summed E-state index contributed by atoms with van der Waals surface area (Å²) in [6.45, 7) is 4.72. The Balaban J connectivity index is 1.71. The second-order valence-electron chi connectivity index (χ2n) is 7.94. The predicted octanol–water partition coefficient (Wildman–Crippen LogP) is 5.19. The summed E-state index contributed by atoms with van der Waals surface area (Å²) in [7, 11) is 0. The summed E-state index contributed by atoms with van der Waals surface area (Å²) < 4.78 is 0. The van der Waals surface area contributed by atoms with E-state index in [1.54, 1.807) is 11.8 Å². The molecule has 1 atom stereocenters. The maximum atomic E-state index is 13.4. The summed E-state index contributed by atoms with van der Waals surface area (Å²) in [5.41, 5.74) is 3.82. The van der Waals surface area contributed by atoms with Gasteiger partial charge in [0.15, 0.2) is 5.17 Å². The average Bonchev–Trinajstić information content (AvgIpc) is 2.79. The molecular formula is C25H28N4O2S. The number of carbonyl (C=O) groups excluding carboxylic acids is 2. The average molecular weight is 449 g/mol. The van der Waals surface area contributed by atoms with E-state index in [9.17, 15) is 9.59 Å². The summed E-state index contributed by atoms with van der Waals surface area (Å²) >= 11 is 1.73. The SMILES string of the molecule is CCCC(=O)Nc1cccc(C2C(C(=O)Nc3ccccc3)=C(C)N=C3SCCCN32)c1. The molecule has 166 valence electrons. The number of nitrogens with zero attached hydrogens (tertiary/aromatic N) is 2. The standard InChI is InChI=1S/C25H28N4O2S/c1-3-9-21(30)27-20-13-7-10-18(16-20)23-22(24(31)28-19-11-5-4-6-12-19)17(2)26-25-29(23)14-8-15-32-25/h4-7,10-13,16,23H,3,8-9,14-15H2,1-2H3,(H,27,30)(H,28,31). The van der Waals surface area contributed by atoms with Crippen LogP contribution in [0.2, 0.25) is 0 Å². The lowest BCUT2D eigenvalue weighted by Crippen LogP contribution is -2.43. The third-order valence-electron chi connectivity index (χ3n) is 5.50. The first kappa shape index (κ1) is 22.1. The molecule has 2 aromatic carbocycles. The molecule has 32 heavy (non-hydrogen) atoms. The van der Waals surface area contributed by atoms with Crippen molar-refractivity contribution in [2.24, 2.45) is 4.99 Å². The van der Waals surface area contributed by atoms with E-state index in [1.807, 2.05) is 68.4 Å². The molecule has 2 heterocycles. The second kappa shape index (κ2) is 10.0. The lowest BCUT2D eigenvalue weighted by atomic mass is 9.93. The number of anilines is 2. The van der Waals surface area contributed by atoms with Crippen molar-refractivity contribution in [2.75, 3.05) is 22.9 Å². The number of hydrogen-bond acceptors (Lipinski definition) is 5. The van der Waals surface area contributed by atoms with Crippen LogP contribution in [0, 0.1) is 0 Å². The Morgan fingerprint density at radius 2 is 1.88 bits per heavy atom. The fraction of sp³-hybridized carbons (Fsp3) is 0.320. The zero-order valence-electron chi connectivity index (χ0n) is 18.4. The number of hydrogen-bond donors (Lipinski definition) is 2. The normalized spacial score (nSPS) is 18.0. The van der Waals surface area contributed by atoms with Crippen molar-refractivity contribution in [3.05, 3.63) is 71.4 Å². The minimum Gasteiger partial charge on any atom is -0.340 e. The predicted molar refractivity (Wildman–Crippen MR) is 132 cm³/mol. The highest BCUT2D eigenvalue weighted by molar-refractivity contribution is 8.13. The highest BCUT2D eigenvalue weighted by Crippen LogP contribution is 2.40. The molecule has 1 fully saturated rings. The Hall–Kier alpha value is -3.06. The maximum absolute atomic E-state index is 13.4. The molecule has 2 aromatic rings. The monoisotopic (exact) mass is 448 g/mol. The molecule has 0 radical (unpaired) electrons. The van der Waals surface area contributed by atoms with E-state index in [0.717, 1.165) is 52.9 Å². The van der Waals surface area contributed by atoms with E-state index >= 15 is 0 Å². The van der Waals surface area contributed by atoms with E-state index < -0.39 is 0 Å². The first-order valence-electron chi connectivity index (χ1n) is 11.0. The Morgan fingerprint density at radius 3 is 2.66 bits per heavy atom. The number of amidine groups is 1. The van der Waals surface area contributed by atoms with Crippen LogP contribution in [-0.2, 0) is 9.59 Å². The third kappa shape index (κ3) is 4.88. The lowest BCUT2D eigenvalue weighted by Gasteiger charge is -2.41. The summed E-state index contributed by atoms with van der Waals surface area (Å²) in [5.74, 6) is 0.865. The van der Waals surface area contributed by atoms with Crippen molar-refractivity contribution in [2.45, 2.75) is 39.2 Å². The minimum absolute atomic E-state index is 0.00200. The fourth-order valence-electron chi connectivity index (χ4n) is 4.06. The third-order valence-corrected chi connectivity index (χ3v) is 6.57. The first-order valence-corrected chi connectivity index (χ1v) is 12.0. The molecule has 7 heteroatoms. The molecule has 2 aliphatic rings. The molecule has 2 amide bonds. The summed E-state index contributed by atoms with van der Waals surface area (Å²) in [4.78, 5) is 32.6. The number of amides is 2. The van der Waals surface area contributed by atoms with Gasteiger partial charge in [-0.15, -0.1) is 0 Å². The van der Waals surface area contributed by atoms with Crippen LogP contribution >= 0.6 is 11.8 Å². The zero-order valence-corrected chi connectivity index (χ0v) is 19.2. The van der Waals surface area contributed by atoms with Crippen LogP contribution in [0.25, 0.3) is 0 Å². The second-order valence-corrected chi connectivity index (χ2v) is 9.00. The van der Waals surface area contributed by atoms with Gasteiger partial charge in [0.2, 0.25) is 5.91 Å². The van der Waals surface area contributed by atoms with Crippen LogP contribution in [0.1, 0.15) is 44.7 Å². The number of carbonyl (C=O) groups is 2. The van der Waals surface area contributed by atoms with Gasteiger partial charge in [0, 0.05) is 30.1 Å². The van der Waals surface area contributed by atoms with Gasteiger partial charge in [-0.05, 0) is 49.6 Å². The Morgan fingerprint density at radius 1 is 1.09 bits per heavy atom. The zero-order chi connectivity index (χ0) is 22.5. The van der Waals surface area contributed by atoms with E-state index in [0.29, 0.717) is 12.0 Å². The molecule has 2 N–H and O–H groups in total. The number of thioether (sulfide) groups is 1. The maximum Gasteiger partial charge on any atom is 0.255 e. The molecule has 6 nitrogen and oxygen atoms in total. The van der Waals surface area contributed by atoms with Gasteiger partial charge in [-0.2, -0.15) is 0 Å². The first-order chi connectivity index (χ1) is 15.6. The number of para-hydroxylation sites is 1. The van der Waals surface area contributed by atoms with Gasteiger partial charge in [-0.3, -0.25) is 9.59 Å². The van der Waals surface area contributed by atoms with Crippen molar-refractivity contribution >= 4 is 40.1 Å². The van der Waals surface area contributed by atoms with Gasteiger partial charge in [0.25, 0.3) is 5.91 Å². The summed E-state index contributed by atoms with van der Waals surface area (Å²) in [6.07, 6.45) is 2.31. The number of allylic oxidation sites excluding steroid dienone is 1. The van der Waals surface area contributed by atoms with Gasteiger partial charge in [-0.25, -0.2) is 4.99 Å². The molecule has 1 saturated heterocycles. The summed E-state index contributed by atoms with van der Waals surface area (Å²) in [5, 5.41) is 6.97. The summed E-state index contributed by atoms with van der Waals surface area (Å²) in [6, 6.07) is 17.0. The van der Waals surface area contributed by atoms with Crippen LogP contribution in [0.4, 0.5) is 11.4 Å². The molecule has 0 spiro atoms. The number of fused-ring (bicyclic) bond motifs is 1. The van der Waals surface area contributed by atoms with Gasteiger partial charge >= 0.3 is 0 Å². The lowest BCUT2D eigenvalue weighted by molar-refractivity contribution is -0.116. The molecule has 0 aliphatic carbocycles. The minimum atomic E-state index is -0.262. The van der Waals surface area contributed by atoms with Crippen molar-refractivity contribution < 1.29 is 9.59 Å². The molecule has 0 bridgehead atoms. The van der Waals surface area contributed by atoms with E-state index in [4.69, 9.17) is 4.99 Å². The van der Waals surface area contributed by atoms with Gasteiger partial charge in [0.1, 0.15) is 0 Å². The number of benzene rings is 2. The fourth-order valence-corrected chi connectivity index (χ4v) is 5.08. The smallest absolute Gasteiger partial charge is 0.255 e. The van der Waals surface area contributed by atoms with Gasteiger partial charge < -0.3 is 15.5 Å². The molecule has 0 aromatic heterocycles. The number of nitrogens with one attached hydrogen (secondary N) is 2. The topological polar surface area (TPSA) is 73.8 Å². The Labute approximate surface area is 193 Å². The van der Waals surface area contributed by atoms with Crippen molar-refractivity contribution in [1.29, 1.82) is 0 Å². The molecular weight excluding hydrogens is 420 g/mol. The molecule has 4 rings (SSSR count). The van der Waals surface area contributed by atoms with Gasteiger partial charge in [0.05, 0.1) is 17.3 Å². The highest BCUT2D eigenvalue weighted by Gasteiger charge is 2.37. The Kier molecular flexibility index (Phi) is 6.95. The van der Waals surface area contributed by atoms with Crippen molar-refractivity contribution in [3.63, 3.8) is 0 Å².